The largest absolute Gasteiger partial charge is 0.493 e. The number of hydrogen-bond acceptors (Lipinski definition) is 4. The van der Waals surface area contributed by atoms with E-state index in [1.165, 1.54) is 44.1 Å². The first kappa shape index (κ1) is 20.5. The molecule has 1 aliphatic carbocycles. The second kappa shape index (κ2) is 9.37. The van der Waals surface area contributed by atoms with E-state index in [2.05, 4.69) is 10.2 Å². The van der Waals surface area contributed by atoms with Crippen molar-refractivity contribution in [3.05, 3.63) is 39.7 Å². The smallest absolute Gasteiger partial charge is 0.273 e. The van der Waals surface area contributed by atoms with Crippen molar-refractivity contribution in [3.63, 3.8) is 0 Å². The van der Waals surface area contributed by atoms with Crippen molar-refractivity contribution in [1.29, 1.82) is 0 Å². The van der Waals surface area contributed by atoms with E-state index >= 15 is 0 Å². The van der Waals surface area contributed by atoms with Crippen molar-refractivity contribution in [2.45, 2.75) is 64.2 Å². The molecule has 0 saturated heterocycles. The molecule has 0 amide bonds. The Morgan fingerprint density at radius 2 is 1.43 bits per heavy atom. The van der Waals surface area contributed by atoms with Crippen LogP contribution >= 0.6 is 0 Å². The molecule has 0 spiro atoms. The van der Waals surface area contributed by atoms with Gasteiger partial charge >= 0.3 is 0 Å². The Hall–Kier alpha value is -2.76. The maximum Gasteiger partial charge on any atom is 0.273 e. The molecule has 0 atom stereocenters. The Labute approximate surface area is 177 Å². The number of benzene rings is 1. The molecule has 0 fully saturated rings. The lowest BCUT2D eigenvalue weighted by Gasteiger charge is -2.17. The topological polar surface area (TPSA) is 80.0 Å². The molecule has 4 rings (SSSR count). The highest BCUT2D eigenvalue weighted by atomic mass is 16.5. The van der Waals surface area contributed by atoms with E-state index in [1.807, 2.05) is 18.2 Å². The summed E-state index contributed by atoms with van der Waals surface area (Å²) in [6.07, 6.45) is 11.7. The summed E-state index contributed by atoms with van der Waals surface area (Å²) in [5.74, 6) is 1.38. The molecule has 2 heterocycles. The van der Waals surface area contributed by atoms with E-state index < -0.39 is 0 Å². The van der Waals surface area contributed by atoms with Gasteiger partial charge in [-0.1, -0.05) is 38.5 Å². The number of nitrogens with zero attached hydrogens (tertiary/aromatic N) is 1. The fourth-order valence-corrected chi connectivity index (χ4v) is 4.62. The third-order valence-corrected chi connectivity index (χ3v) is 6.19. The van der Waals surface area contributed by atoms with E-state index in [0.717, 1.165) is 47.9 Å². The Morgan fingerprint density at radius 3 is 2.10 bits per heavy atom. The zero-order valence-electron chi connectivity index (χ0n) is 18.0. The van der Waals surface area contributed by atoms with Gasteiger partial charge in [0, 0.05) is 5.56 Å². The Morgan fingerprint density at radius 1 is 0.800 bits per heavy atom. The standard InChI is InChI=1S/C24H31N3O3/c1-29-19-14-13-16(15-20(19)30-2)22-18-12-10-8-6-4-3-5-7-9-11-17(18)21-23(25-22)26-27-24(21)28/h13-15H,3-12H2,1-2H3,(H2,25,26,27,28). The number of fused-ring (bicyclic) bond motifs is 3. The van der Waals surface area contributed by atoms with E-state index in [-0.39, 0.29) is 5.56 Å². The summed E-state index contributed by atoms with van der Waals surface area (Å²) in [7, 11) is 3.28. The quantitative estimate of drug-likeness (QED) is 0.626. The number of aromatic amines is 2. The molecule has 2 N–H and O–H groups in total. The van der Waals surface area contributed by atoms with Crippen LogP contribution in [0.4, 0.5) is 0 Å². The van der Waals surface area contributed by atoms with Gasteiger partial charge in [-0.05, 0) is 55.0 Å². The van der Waals surface area contributed by atoms with E-state index in [0.29, 0.717) is 17.1 Å². The molecule has 6 heteroatoms. The molecular formula is C24H31N3O3. The SMILES string of the molecule is COc1ccc(-c2nc3[nH][nH]c(=O)c3c3c2CCCCCCCCCC3)cc1OC. The summed E-state index contributed by atoms with van der Waals surface area (Å²) in [6.45, 7) is 0. The second-order valence-corrected chi connectivity index (χ2v) is 8.12. The van der Waals surface area contributed by atoms with Gasteiger partial charge in [0.25, 0.3) is 5.56 Å². The van der Waals surface area contributed by atoms with Crippen LogP contribution in [-0.2, 0) is 12.8 Å². The molecule has 2 aromatic heterocycles. The van der Waals surface area contributed by atoms with Crippen molar-refractivity contribution in [2.75, 3.05) is 14.2 Å². The van der Waals surface area contributed by atoms with Gasteiger partial charge in [-0.2, -0.15) is 0 Å². The molecule has 0 unspecified atom stereocenters. The molecule has 6 nitrogen and oxygen atoms in total. The lowest BCUT2D eigenvalue weighted by molar-refractivity contribution is 0.355. The van der Waals surface area contributed by atoms with Crippen LogP contribution in [0.1, 0.15) is 62.5 Å². The Bertz CT molecular complexity index is 1070. The van der Waals surface area contributed by atoms with Crippen molar-refractivity contribution in [1.82, 2.24) is 15.2 Å². The predicted molar refractivity (Wildman–Crippen MR) is 120 cm³/mol. The van der Waals surface area contributed by atoms with Crippen LogP contribution in [0.3, 0.4) is 0 Å². The van der Waals surface area contributed by atoms with Crippen LogP contribution in [0.2, 0.25) is 0 Å². The third kappa shape index (κ3) is 4.09. The minimum atomic E-state index is -0.0697. The number of hydrogen-bond donors (Lipinski definition) is 2. The number of pyridine rings is 1. The average molecular weight is 410 g/mol. The summed E-state index contributed by atoms with van der Waals surface area (Å²) in [5, 5.41) is 6.45. The van der Waals surface area contributed by atoms with Crippen molar-refractivity contribution < 1.29 is 9.47 Å². The first-order valence-corrected chi connectivity index (χ1v) is 11.1. The predicted octanol–water partition coefficient (Wildman–Crippen LogP) is 5.15. The van der Waals surface area contributed by atoms with E-state index in [1.54, 1.807) is 14.2 Å². The second-order valence-electron chi connectivity index (χ2n) is 8.12. The van der Waals surface area contributed by atoms with Crippen LogP contribution in [0.15, 0.2) is 23.0 Å². The van der Waals surface area contributed by atoms with Crippen LogP contribution in [-0.4, -0.2) is 29.4 Å². The number of methoxy groups -OCH3 is 2. The molecule has 3 aromatic rings. The first-order valence-electron chi connectivity index (χ1n) is 11.1. The molecule has 0 aliphatic heterocycles. The van der Waals surface area contributed by atoms with Gasteiger partial charge in [0.15, 0.2) is 17.1 Å². The molecular weight excluding hydrogens is 378 g/mol. The molecule has 30 heavy (non-hydrogen) atoms. The molecule has 0 saturated carbocycles. The van der Waals surface area contributed by atoms with Gasteiger partial charge in [0.05, 0.1) is 25.3 Å². The van der Waals surface area contributed by atoms with Crippen LogP contribution in [0.5, 0.6) is 11.5 Å². The van der Waals surface area contributed by atoms with Crippen molar-refractivity contribution in [2.24, 2.45) is 0 Å². The monoisotopic (exact) mass is 409 g/mol. The fraction of sp³-hybridized carbons (Fsp3) is 0.500. The normalized spacial score (nSPS) is 15.8. The highest BCUT2D eigenvalue weighted by molar-refractivity contribution is 5.84. The Kier molecular flexibility index (Phi) is 6.41. The number of nitrogens with one attached hydrogen (secondary N) is 2. The lowest BCUT2D eigenvalue weighted by Crippen LogP contribution is -2.08. The van der Waals surface area contributed by atoms with Gasteiger partial charge in [0.2, 0.25) is 0 Å². The fourth-order valence-electron chi connectivity index (χ4n) is 4.62. The maximum absolute atomic E-state index is 12.6. The van der Waals surface area contributed by atoms with Gasteiger partial charge < -0.3 is 9.47 Å². The number of ether oxygens (including phenoxy) is 2. The number of aromatic nitrogens is 3. The molecule has 0 bridgehead atoms. The molecule has 1 aliphatic rings. The van der Waals surface area contributed by atoms with Gasteiger partial charge in [-0.15, -0.1) is 0 Å². The maximum atomic E-state index is 12.6. The number of H-pyrrole nitrogens is 2. The highest BCUT2D eigenvalue weighted by Gasteiger charge is 2.20. The summed E-state index contributed by atoms with van der Waals surface area (Å²) in [4.78, 5) is 17.5. The highest BCUT2D eigenvalue weighted by Crippen LogP contribution is 2.36. The summed E-state index contributed by atoms with van der Waals surface area (Å²) in [6, 6.07) is 5.92. The van der Waals surface area contributed by atoms with Gasteiger partial charge in [-0.25, -0.2) is 4.98 Å². The minimum absolute atomic E-state index is 0.0697. The summed E-state index contributed by atoms with van der Waals surface area (Å²) < 4.78 is 10.9. The van der Waals surface area contributed by atoms with Crippen molar-refractivity contribution in [3.8, 4) is 22.8 Å². The third-order valence-electron chi connectivity index (χ3n) is 6.19. The zero-order chi connectivity index (χ0) is 20.9. The molecule has 1 aromatic carbocycles. The zero-order valence-corrected chi connectivity index (χ0v) is 18.0. The first-order chi connectivity index (χ1) is 14.7. The molecule has 160 valence electrons. The van der Waals surface area contributed by atoms with Crippen LogP contribution in [0, 0.1) is 0 Å². The number of aryl methyl sites for hydroxylation is 1. The van der Waals surface area contributed by atoms with Crippen LogP contribution in [0.25, 0.3) is 22.3 Å². The van der Waals surface area contributed by atoms with Gasteiger partial charge in [0.1, 0.15) is 0 Å². The average Bonchev–Trinajstić information content (AvgIpc) is 3.13. The minimum Gasteiger partial charge on any atom is -0.493 e. The van der Waals surface area contributed by atoms with Gasteiger partial charge in [-0.3, -0.25) is 15.0 Å². The van der Waals surface area contributed by atoms with E-state index in [4.69, 9.17) is 14.5 Å². The summed E-state index contributed by atoms with van der Waals surface area (Å²) in [5.41, 5.74) is 4.86. The molecule has 0 radical (unpaired) electrons. The van der Waals surface area contributed by atoms with E-state index in [9.17, 15) is 4.79 Å². The van der Waals surface area contributed by atoms with Crippen LogP contribution < -0.4 is 15.0 Å². The van der Waals surface area contributed by atoms with Crippen molar-refractivity contribution >= 4 is 11.0 Å². The lowest BCUT2D eigenvalue weighted by atomic mass is 9.90. The summed E-state index contributed by atoms with van der Waals surface area (Å²) >= 11 is 0. The number of rotatable bonds is 3. The Balaban J connectivity index is 1.89.